The Morgan fingerprint density at radius 2 is 1.61 bits per heavy atom. The van der Waals surface area contributed by atoms with Gasteiger partial charge in [0.15, 0.2) is 0 Å². The van der Waals surface area contributed by atoms with Gasteiger partial charge < -0.3 is 18.6 Å². The van der Waals surface area contributed by atoms with Crippen LogP contribution in [0.1, 0.15) is 10.4 Å². The minimum Gasteiger partial charge on any atom is -0.497 e. The van der Waals surface area contributed by atoms with E-state index in [0.717, 1.165) is 0 Å². The van der Waals surface area contributed by atoms with E-state index in [1.165, 1.54) is 42.7 Å². The highest BCUT2D eigenvalue weighted by atomic mass is 35.5. The standard InChI is InChI=1S/C23H14Cl2O6/c1-28-14-3-5-15(6-4-14)30-21-12-29-20-11-16(7-9-18(20)22(21)26)31-23(27)17-8-2-13(24)10-19(17)25/h2-12H,1H3. The van der Waals surface area contributed by atoms with Crippen LogP contribution in [0.25, 0.3) is 11.0 Å². The van der Waals surface area contributed by atoms with Crippen molar-refractivity contribution in [3.8, 4) is 23.0 Å². The van der Waals surface area contributed by atoms with Crippen LogP contribution in [0.4, 0.5) is 0 Å². The van der Waals surface area contributed by atoms with Crippen LogP contribution in [0.2, 0.25) is 10.0 Å². The maximum absolute atomic E-state index is 12.7. The summed E-state index contributed by atoms with van der Waals surface area (Å²) in [4.78, 5) is 25.1. The third kappa shape index (κ3) is 4.50. The Hall–Kier alpha value is -3.48. The van der Waals surface area contributed by atoms with Crippen LogP contribution in [-0.2, 0) is 0 Å². The van der Waals surface area contributed by atoms with Gasteiger partial charge in [0.2, 0.25) is 11.2 Å². The molecule has 0 atom stereocenters. The molecule has 0 aliphatic carbocycles. The van der Waals surface area contributed by atoms with Crippen LogP contribution < -0.4 is 19.6 Å². The Balaban J connectivity index is 1.57. The highest BCUT2D eigenvalue weighted by molar-refractivity contribution is 6.36. The van der Waals surface area contributed by atoms with Crippen molar-refractivity contribution in [3.05, 3.63) is 92.8 Å². The Bertz CT molecular complexity index is 1330. The second-order valence-electron chi connectivity index (χ2n) is 6.38. The second kappa shape index (κ2) is 8.71. The first-order valence-corrected chi connectivity index (χ1v) is 9.75. The van der Waals surface area contributed by atoms with Gasteiger partial charge in [-0.1, -0.05) is 23.2 Å². The molecule has 0 fully saturated rings. The monoisotopic (exact) mass is 456 g/mol. The van der Waals surface area contributed by atoms with Gasteiger partial charge in [-0.2, -0.15) is 0 Å². The van der Waals surface area contributed by atoms with E-state index in [0.29, 0.717) is 16.5 Å². The van der Waals surface area contributed by atoms with Gasteiger partial charge in [-0.05, 0) is 54.6 Å². The maximum atomic E-state index is 12.7. The summed E-state index contributed by atoms with van der Waals surface area (Å²) in [6.07, 6.45) is 1.20. The average molecular weight is 457 g/mol. The number of fused-ring (bicyclic) bond motifs is 1. The molecule has 4 rings (SSSR count). The topological polar surface area (TPSA) is 75.0 Å². The van der Waals surface area contributed by atoms with Crippen LogP contribution in [-0.4, -0.2) is 13.1 Å². The molecular weight excluding hydrogens is 443 g/mol. The summed E-state index contributed by atoms with van der Waals surface area (Å²) in [5.41, 5.74) is 0.0335. The molecule has 3 aromatic carbocycles. The van der Waals surface area contributed by atoms with Gasteiger partial charge >= 0.3 is 5.97 Å². The van der Waals surface area contributed by atoms with Crippen LogP contribution in [0.5, 0.6) is 23.0 Å². The lowest BCUT2D eigenvalue weighted by Gasteiger charge is -2.08. The zero-order valence-electron chi connectivity index (χ0n) is 16.1. The van der Waals surface area contributed by atoms with Crippen LogP contribution in [0.15, 0.2) is 76.1 Å². The summed E-state index contributed by atoms with van der Waals surface area (Å²) in [6.45, 7) is 0. The van der Waals surface area contributed by atoms with Gasteiger partial charge in [0.05, 0.1) is 23.1 Å². The summed E-state index contributed by atoms with van der Waals surface area (Å²) in [7, 11) is 1.56. The van der Waals surface area contributed by atoms with E-state index in [2.05, 4.69) is 0 Å². The molecule has 0 saturated carbocycles. The summed E-state index contributed by atoms with van der Waals surface area (Å²) in [5, 5.41) is 0.849. The summed E-state index contributed by atoms with van der Waals surface area (Å²) in [6, 6.07) is 15.6. The van der Waals surface area contributed by atoms with E-state index >= 15 is 0 Å². The average Bonchev–Trinajstić information content (AvgIpc) is 2.76. The number of carbonyl (C=O) groups excluding carboxylic acids is 1. The molecule has 0 amide bonds. The van der Waals surface area contributed by atoms with Crippen molar-refractivity contribution >= 4 is 40.1 Å². The number of halogens is 2. The van der Waals surface area contributed by atoms with E-state index in [1.54, 1.807) is 31.4 Å². The van der Waals surface area contributed by atoms with Crippen molar-refractivity contribution in [1.82, 2.24) is 0 Å². The SMILES string of the molecule is COc1ccc(Oc2coc3cc(OC(=O)c4ccc(Cl)cc4Cl)ccc3c2=O)cc1. The number of hydrogen-bond acceptors (Lipinski definition) is 6. The highest BCUT2D eigenvalue weighted by Gasteiger charge is 2.15. The fourth-order valence-corrected chi connectivity index (χ4v) is 3.30. The lowest BCUT2D eigenvalue weighted by molar-refractivity contribution is 0.0735. The molecule has 0 bridgehead atoms. The predicted octanol–water partition coefficient (Wildman–Crippen LogP) is 6.12. The molecule has 8 heteroatoms. The van der Waals surface area contributed by atoms with E-state index in [4.69, 9.17) is 41.8 Å². The highest BCUT2D eigenvalue weighted by Crippen LogP contribution is 2.27. The Labute approximate surface area is 186 Å². The molecule has 0 saturated heterocycles. The van der Waals surface area contributed by atoms with E-state index in [-0.39, 0.29) is 38.5 Å². The molecule has 0 unspecified atom stereocenters. The Morgan fingerprint density at radius 1 is 0.903 bits per heavy atom. The summed E-state index contributed by atoms with van der Waals surface area (Å²) in [5.74, 6) is 0.673. The molecule has 1 heterocycles. The summed E-state index contributed by atoms with van der Waals surface area (Å²) >= 11 is 11.9. The molecular formula is C23H14Cl2O6. The van der Waals surface area contributed by atoms with Gasteiger partial charge in [0, 0.05) is 11.1 Å². The van der Waals surface area contributed by atoms with Gasteiger partial charge in [-0.25, -0.2) is 4.79 Å². The van der Waals surface area contributed by atoms with Crippen LogP contribution >= 0.6 is 23.2 Å². The number of ether oxygens (including phenoxy) is 3. The number of hydrogen-bond donors (Lipinski definition) is 0. The second-order valence-corrected chi connectivity index (χ2v) is 7.22. The molecule has 0 aliphatic rings. The third-order valence-electron chi connectivity index (χ3n) is 4.36. The van der Waals surface area contributed by atoms with Gasteiger partial charge in [-0.15, -0.1) is 0 Å². The van der Waals surface area contributed by atoms with Crippen molar-refractivity contribution < 1.29 is 23.4 Å². The third-order valence-corrected chi connectivity index (χ3v) is 4.91. The van der Waals surface area contributed by atoms with Gasteiger partial charge in [0.25, 0.3) is 0 Å². The number of rotatable bonds is 5. The quantitative estimate of drug-likeness (QED) is 0.266. The first-order chi connectivity index (χ1) is 14.9. The Kier molecular flexibility index (Phi) is 5.84. The van der Waals surface area contributed by atoms with Gasteiger partial charge in [0.1, 0.15) is 29.1 Å². The molecule has 4 aromatic rings. The van der Waals surface area contributed by atoms with Crippen molar-refractivity contribution in [2.45, 2.75) is 0 Å². The molecule has 0 aliphatic heterocycles. The Morgan fingerprint density at radius 3 is 2.32 bits per heavy atom. The fraction of sp³-hybridized carbons (Fsp3) is 0.0435. The molecule has 31 heavy (non-hydrogen) atoms. The smallest absolute Gasteiger partial charge is 0.345 e. The first kappa shape index (κ1) is 20.8. The molecule has 0 N–H and O–H groups in total. The molecule has 1 aromatic heterocycles. The largest absolute Gasteiger partial charge is 0.497 e. The van der Waals surface area contributed by atoms with Crippen molar-refractivity contribution in [2.24, 2.45) is 0 Å². The van der Waals surface area contributed by atoms with Crippen molar-refractivity contribution in [2.75, 3.05) is 7.11 Å². The zero-order chi connectivity index (χ0) is 22.0. The normalized spacial score (nSPS) is 10.7. The molecule has 0 spiro atoms. The first-order valence-electron chi connectivity index (χ1n) is 8.99. The van der Waals surface area contributed by atoms with Gasteiger partial charge in [-0.3, -0.25) is 4.79 Å². The van der Waals surface area contributed by atoms with E-state index < -0.39 is 5.97 Å². The molecule has 0 radical (unpaired) electrons. The number of benzene rings is 3. The maximum Gasteiger partial charge on any atom is 0.345 e. The van der Waals surface area contributed by atoms with Crippen molar-refractivity contribution in [1.29, 1.82) is 0 Å². The summed E-state index contributed by atoms with van der Waals surface area (Å²) < 4.78 is 21.6. The van der Waals surface area contributed by atoms with Crippen LogP contribution in [0, 0.1) is 0 Å². The predicted molar refractivity (Wildman–Crippen MR) is 117 cm³/mol. The molecule has 156 valence electrons. The molecule has 6 nitrogen and oxygen atoms in total. The lowest BCUT2D eigenvalue weighted by atomic mass is 10.2. The minimum absolute atomic E-state index is 0.0235. The lowest BCUT2D eigenvalue weighted by Crippen LogP contribution is -2.09. The zero-order valence-corrected chi connectivity index (χ0v) is 17.6. The number of carbonyl (C=O) groups is 1. The fourth-order valence-electron chi connectivity index (χ4n) is 2.81. The minimum atomic E-state index is -0.664. The van der Waals surface area contributed by atoms with Crippen LogP contribution in [0.3, 0.4) is 0 Å². The number of methoxy groups -OCH3 is 1. The number of esters is 1. The van der Waals surface area contributed by atoms with E-state index in [9.17, 15) is 9.59 Å². The van der Waals surface area contributed by atoms with E-state index in [1.807, 2.05) is 0 Å². The van der Waals surface area contributed by atoms with Crippen molar-refractivity contribution in [3.63, 3.8) is 0 Å².